The SMILES string of the molecule is C[C@@H](N)c1cccc(OC2CCOC3(CCOC3)C2)c1. The standard InChI is InChI=1S/C16H23NO3/c1-12(17)13-3-2-4-14(9-13)20-15-5-7-19-16(10-15)6-8-18-11-16/h2-4,9,12,15H,5-8,10-11,17H2,1H3/t12-,15?,16?/m1/s1. The van der Waals surface area contributed by atoms with Gasteiger partial charge in [-0.15, -0.1) is 0 Å². The molecule has 1 aromatic rings. The van der Waals surface area contributed by atoms with Crippen molar-refractivity contribution in [2.45, 2.75) is 43.9 Å². The fourth-order valence-electron chi connectivity index (χ4n) is 3.01. The smallest absolute Gasteiger partial charge is 0.120 e. The summed E-state index contributed by atoms with van der Waals surface area (Å²) in [5.41, 5.74) is 6.91. The molecule has 0 saturated carbocycles. The first-order valence-corrected chi connectivity index (χ1v) is 7.41. The zero-order valence-corrected chi connectivity index (χ0v) is 12.0. The second kappa shape index (κ2) is 5.72. The Morgan fingerprint density at radius 3 is 3.05 bits per heavy atom. The number of benzene rings is 1. The first-order valence-electron chi connectivity index (χ1n) is 7.41. The molecule has 1 spiro atoms. The van der Waals surface area contributed by atoms with Crippen molar-refractivity contribution in [1.29, 1.82) is 0 Å². The molecule has 4 nitrogen and oxygen atoms in total. The van der Waals surface area contributed by atoms with Crippen LogP contribution in [0.2, 0.25) is 0 Å². The lowest BCUT2D eigenvalue weighted by molar-refractivity contribution is -0.112. The minimum absolute atomic E-state index is 0.0304. The van der Waals surface area contributed by atoms with E-state index in [1.54, 1.807) is 0 Å². The van der Waals surface area contributed by atoms with Crippen molar-refractivity contribution >= 4 is 0 Å². The molecule has 4 heteroatoms. The van der Waals surface area contributed by atoms with Gasteiger partial charge < -0.3 is 19.9 Å². The molecule has 0 bridgehead atoms. The van der Waals surface area contributed by atoms with Crippen LogP contribution in [0.15, 0.2) is 24.3 Å². The lowest BCUT2D eigenvalue weighted by atomic mass is 9.91. The van der Waals surface area contributed by atoms with Crippen LogP contribution in [0.5, 0.6) is 5.75 Å². The summed E-state index contributed by atoms with van der Waals surface area (Å²) < 4.78 is 17.6. The zero-order valence-electron chi connectivity index (χ0n) is 12.0. The lowest BCUT2D eigenvalue weighted by Gasteiger charge is -2.37. The minimum atomic E-state index is -0.109. The van der Waals surface area contributed by atoms with Gasteiger partial charge in [0.25, 0.3) is 0 Å². The van der Waals surface area contributed by atoms with Gasteiger partial charge in [0.15, 0.2) is 0 Å². The van der Waals surface area contributed by atoms with Gasteiger partial charge in [0.05, 0.1) is 18.8 Å². The molecule has 0 aromatic heterocycles. The average Bonchev–Trinajstić information content (AvgIpc) is 2.87. The summed E-state index contributed by atoms with van der Waals surface area (Å²) in [6, 6.07) is 8.11. The molecule has 0 aliphatic carbocycles. The maximum Gasteiger partial charge on any atom is 0.120 e. The van der Waals surface area contributed by atoms with E-state index in [1.807, 2.05) is 31.2 Å². The van der Waals surface area contributed by atoms with Crippen molar-refractivity contribution in [3.63, 3.8) is 0 Å². The number of nitrogens with two attached hydrogens (primary N) is 1. The number of rotatable bonds is 3. The van der Waals surface area contributed by atoms with Crippen LogP contribution in [-0.2, 0) is 9.47 Å². The molecule has 2 heterocycles. The van der Waals surface area contributed by atoms with E-state index >= 15 is 0 Å². The van der Waals surface area contributed by atoms with Gasteiger partial charge >= 0.3 is 0 Å². The topological polar surface area (TPSA) is 53.7 Å². The van der Waals surface area contributed by atoms with Crippen molar-refractivity contribution in [3.05, 3.63) is 29.8 Å². The molecular weight excluding hydrogens is 254 g/mol. The molecule has 3 rings (SSSR count). The Bertz CT molecular complexity index is 455. The summed E-state index contributed by atoms with van der Waals surface area (Å²) in [4.78, 5) is 0. The molecule has 2 aliphatic rings. The normalized spacial score (nSPS) is 31.4. The number of hydrogen-bond acceptors (Lipinski definition) is 4. The van der Waals surface area contributed by atoms with E-state index in [9.17, 15) is 0 Å². The second-order valence-electron chi connectivity index (χ2n) is 5.93. The molecule has 2 aliphatic heterocycles. The molecule has 0 amide bonds. The first kappa shape index (κ1) is 13.9. The molecule has 2 fully saturated rings. The summed E-state index contributed by atoms with van der Waals surface area (Å²) in [6.45, 7) is 4.24. The predicted octanol–water partition coefficient (Wildman–Crippen LogP) is 2.42. The van der Waals surface area contributed by atoms with Crippen molar-refractivity contribution in [2.75, 3.05) is 19.8 Å². The molecule has 0 radical (unpaired) electrons. The second-order valence-corrected chi connectivity index (χ2v) is 5.93. The van der Waals surface area contributed by atoms with E-state index in [0.717, 1.165) is 43.8 Å². The minimum Gasteiger partial charge on any atom is -0.490 e. The van der Waals surface area contributed by atoms with Gasteiger partial charge in [-0.05, 0) is 24.6 Å². The van der Waals surface area contributed by atoms with Crippen molar-refractivity contribution in [1.82, 2.24) is 0 Å². The van der Waals surface area contributed by atoms with Crippen LogP contribution in [-0.4, -0.2) is 31.5 Å². The van der Waals surface area contributed by atoms with Crippen LogP contribution in [0.25, 0.3) is 0 Å². The third-order valence-electron chi connectivity index (χ3n) is 4.20. The highest BCUT2D eigenvalue weighted by molar-refractivity contribution is 5.30. The van der Waals surface area contributed by atoms with E-state index < -0.39 is 0 Å². The maximum atomic E-state index is 6.14. The highest BCUT2D eigenvalue weighted by Crippen LogP contribution is 2.34. The predicted molar refractivity (Wildman–Crippen MR) is 76.8 cm³/mol. The fraction of sp³-hybridized carbons (Fsp3) is 0.625. The zero-order chi connectivity index (χ0) is 14.0. The highest BCUT2D eigenvalue weighted by Gasteiger charge is 2.41. The monoisotopic (exact) mass is 277 g/mol. The molecule has 3 atom stereocenters. The van der Waals surface area contributed by atoms with Crippen LogP contribution in [0.3, 0.4) is 0 Å². The summed E-state index contributed by atoms with van der Waals surface area (Å²) in [5, 5.41) is 0. The van der Waals surface area contributed by atoms with Gasteiger partial charge in [0.1, 0.15) is 11.9 Å². The maximum absolute atomic E-state index is 6.14. The third kappa shape index (κ3) is 2.97. The molecule has 110 valence electrons. The largest absolute Gasteiger partial charge is 0.490 e. The van der Waals surface area contributed by atoms with Crippen molar-refractivity contribution in [3.8, 4) is 5.75 Å². The quantitative estimate of drug-likeness (QED) is 0.922. The Hall–Kier alpha value is -1.10. The van der Waals surface area contributed by atoms with E-state index in [1.165, 1.54) is 0 Å². The van der Waals surface area contributed by atoms with Crippen LogP contribution < -0.4 is 10.5 Å². The Morgan fingerprint density at radius 2 is 2.30 bits per heavy atom. The summed E-state index contributed by atoms with van der Waals surface area (Å²) in [7, 11) is 0. The average molecular weight is 277 g/mol. The summed E-state index contributed by atoms with van der Waals surface area (Å²) in [6.07, 6.45) is 3.03. The lowest BCUT2D eigenvalue weighted by Crippen LogP contribution is -2.44. The highest BCUT2D eigenvalue weighted by atomic mass is 16.6. The van der Waals surface area contributed by atoms with Crippen molar-refractivity contribution in [2.24, 2.45) is 5.73 Å². The summed E-state index contributed by atoms with van der Waals surface area (Å²) in [5.74, 6) is 0.903. The van der Waals surface area contributed by atoms with Gasteiger partial charge in [-0.3, -0.25) is 0 Å². The molecule has 2 saturated heterocycles. The summed E-state index contributed by atoms with van der Waals surface area (Å²) >= 11 is 0. The van der Waals surface area contributed by atoms with Gasteiger partial charge in [0.2, 0.25) is 0 Å². The number of hydrogen-bond donors (Lipinski definition) is 1. The number of ether oxygens (including phenoxy) is 3. The van der Waals surface area contributed by atoms with Crippen LogP contribution in [0, 0.1) is 0 Å². The van der Waals surface area contributed by atoms with Crippen LogP contribution in [0.1, 0.15) is 37.8 Å². The Kier molecular flexibility index (Phi) is 3.96. The Balaban J connectivity index is 1.66. The van der Waals surface area contributed by atoms with Gasteiger partial charge in [0, 0.05) is 31.9 Å². The van der Waals surface area contributed by atoms with Crippen LogP contribution >= 0.6 is 0 Å². The van der Waals surface area contributed by atoms with Gasteiger partial charge in [-0.1, -0.05) is 12.1 Å². The molecule has 2 N–H and O–H groups in total. The van der Waals surface area contributed by atoms with Crippen LogP contribution in [0.4, 0.5) is 0 Å². The third-order valence-corrected chi connectivity index (χ3v) is 4.20. The molecule has 2 unspecified atom stereocenters. The van der Waals surface area contributed by atoms with E-state index in [4.69, 9.17) is 19.9 Å². The molecule has 20 heavy (non-hydrogen) atoms. The van der Waals surface area contributed by atoms with E-state index in [0.29, 0.717) is 6.61 Å². The molecular formula is C16H23NO3. The van der Waals surface area contributed by atoms with Gasteiger partial charge in [-0.2, -0.15) is 0 Å². The van der Waals surface area contributed by atoms with Crippen molar-refractivity contribution < 1.29 is 14.2 Å². The first-order chi connectivity index (χ1) is 9.67. The molecule has 1 aromatic carbocycles. The Labute approximate surface area is 120 Å². The van der Waals surface area contributed by atoms with E-state index in [-0.39, 0.29) is 17.7 Å². The fourth-order valence-corrected chi connectivity index (χ4v) is 3.01. The van der Waals surface area contributed by atoms with E-state index in [2.05, 4.69) is 0 Å². The van der Waals surface area contributed by atoms with Gasteiger partial charge in [-0.25, -0.2) is 0 Å². The Morgan fingerprint density at radius 1 is 1.40 bits per heavy atom.